The van der Waals surface area contributed by atoms with Crippen molar-refractivity contribution in [1.82, 2.24) is 19.8 Å². The Bertz CT molecular complexity index is 1300. The second kappa shape index (κ2) is 11.0. The number of piperidine rings is 1. The summed E-state index contributed by atoms with van der Waals surface area (Å²) in [7, 11) is 1.55. The van der Waals surface area contributed by atoms with Crippen LogP contribution in [-0.2, 0) is 4.79 Å². The lowest BCUT2D eigenvalue weighted by molar-refractivity contribution is -0.134. The summed E-state index contributed by atoms with van der Waals surface area (Å²) in [6.07, 6.45) is 3.11. The van der Waals surface area contributed by atoms with Crippen molar-refractivity contribution in [2.75, 3.05) is 45.2 Å². The molecule has 2 aliphatic heterocycles. The van der Waals surface area contributed by atoms with Crippen LogP contribution in [0.2, 0.25) is 5.02 Å². The van der Waals surface area contributed by atoms with Crippen molar-refractivity contribution >= 4 is 39.9 Å². The third-order valence-electron chi connectivity index (χ3n) is 6.76. The molecule has 2 saturated heterocycles. The summed E-state index contributed by atoms with van der Waals surface area (Å²) >= 11 is 5.93. The minimum atomic E-state index is -0.573. The number of methoxy groups -OCH3 is 1. The molecule has 2 N–H and O–H groups in total. The van der Waals surface area contributed by atoms with Crippen LogP contribution >= 0.6 is 11.6 Å². The number of likely N-dealkylation sites (tertiary alicyclic amines) is 2. The second-order valence-electron chi connectivity index (χ2n) is 9.37. The number of ether oxygens (including phenoxy) is 2. The van der Waals surface area contributed by atoms with E-state index in [0.29, 0.717) is 60.8 Å². The minimum absolute atomic E-state index is 0.00589. The summed E-state index contributed by atoms with van der Waals surface area (Å²) < 4.78 is 26.4. The molecule has 2 atom stereocenters. The molecule has 0 aliphatic carbocycles. The van der Waals surface area contributed by atoms with Gasteiger partial charge in [0, 0.05) is 31.1 Å². The van der Waals surface area contributed by atoms with E-state index in [1.807, 2.05) is 9.80 Å². The summed E-state index contributed by atoms with van der Waals surface area (Å²) in [6, 6.07) is 8.22. The maximum absolute atomic E-state index is 14.5. The fraction of sp³-hybridized carbons (Fsp3) is 0.423. The maximum atomic E-state index is 14.5. The highest BCUT2D eigenvalue weighted by molar-refractivity contribution is 6.31. The molecule has 37 heavy (non-hydrogen) atoms. The number of aliphatic hydroxyl groups is 1. The van der Waals surface area contributed by atoms with E-state index in [4.69, 9.17) is 21.1 Å². The lowest BCUT2D eigenvalue weighted by atomic mass is 10.1. The van der Waals surface area contributed by atoms with Gasteiger partial charge in [0.2, 0.25) is 5.91 Å². The molecule has 11 heteroatoms. The van der Waals surface area contributed by atoms with Crippen LogP contribution in [0.5, 0.6) is 11.5 Å². The zero-order chi connectivity index (χ0) is 25.9. The normalized spacial score (nSPS) is 20.3. The van der Waals surface area contributed by atoms with Gasteiger partial charge in [0.1, 0.15) is 18.2 Å². The Kier molecular flexibility index (Phi) is 7.59. The first-order chi connectivity index (χ1) is 17.9. The number of rotatable bonds is 7. The zero-order valence-electron chi connectivity index (χ0n) is 20.5. The number of carbonyl (C=O) groups excluding carboxylic acids is 1. The van der Waals surface area contributed by atoms with Gasteiger partial charge in [-0.1, -0.05) is 17.7 Å². The Morgan fingerprint density at radius 1 is 1.22 bits per heavy atom. The molecule has 3 heterocycles. The molecule has 2 aliphatic rings. The Morgan fingerprint density at radius 3 is 2.86 bits per heavy atom. The van der Waals surface area contributed by atoms with Crippen molar-refractivity contribution in [3.8, 4) is 11.5 Å². The molecule has 1 unspecified atom stereocenters. The van der Waals surface area contributed by atoms with Gasteiger partial charge in [0.15, 0.2) is 17.3 Å². The van der Waals surface area contributed by atoms with Gasteiger partial charge in [-0.3, -0.25) is 9.69 Å². The molecule has 196 valence electrons. The van der Waals surface area contributed by atoms with Crippen molar-refractivity contribution in [3.63, 3.8) is 0 Å². The molecule has 0 radical (unpaired) electrons. The molecule has 1 aromatic heterocycles. The first-order valence-corrected chi connectivity index (χ1v) is 12.7. The molecule has 2 fully saturated rings. The molecule has 2 aromatic carbocycles. The number of hydrogen-bond donors (Lipinski definition) is 2. The van der Waals surface area contributed by atoms with Gasteiger partial charge in [-0.2, -0.15) is 0 Å². The number of nitrogens with one attached hydrogen (secondary N) is 1. The van der Waals surface area contributed by atoms with E-state index in [2.05, 4.69) is 15.3 Å². The first kappa shape index (κ1) is 25.4. The number of carbonyl (C=O) groups is 1. The van der Waals surface area contributed by atoms with E-state index in [0.717, 1.165) is 19.4 Å². The Morgan fingerprint density at radius 2 is 2.08 bits per heavy atom. The summed E-state index contributed by atoms with van der Waals surface area (Å²) in [5.41, 5.74) is 0.787. The Balaban J connectivity index is 1.35. The largest absolute Gasteiger partial charge is 0.493 e. The fourth-order valence-corrected chi connectivity index (χ4v) is 5.01. The maximum Gasteiger partial charge on any atom is 0.236 e. The van der Waals surface area contributed by atoms with Gasteiger partial charge in [-0.25, -0.2) is 14.4 Å². The highest BCUT2D eigenvalue weighted by Gasteiger charge is 2.29. The summed E-state index contributed by atoms with van der Waals surface area (Å²) in [5, 5.41) is 13.4. The molecule has 3 aromatic rings. The molecule has 9 nitrogen and oxygen atoms in total. The van der Waals surface area contributed by atoms with Gasteiger partial charge < -0.3 is 24.8 Å². The van der Waals surface area contributed by atoms with Gasteiger partial charge in [0.25, 0.3) is 0 Å². The van der Waals surface area contributed by atoms with Crippen LogP contribution in [0.1, 0.15) is 19.3 Å². The van der Waals surface area contributed by atoms with Crippen LogP contribution in [0.3, 0.4) is 0 Å². The van der Waals surface area contributed by atoms with E-state index in [-0.39, 0.29) is 28.8 Å². The van der Waals surface area contributed by atoms with Crippen molar-refractivity contribution in [2.24, 2.45) is 0 Å². The van der Waals surface area contributed by atoms with E-state index >= 15 is 0 Å². The predicted octanol–water partition coefficient (Wildman–Crippen LogP) is 3.61. The van der Waals surface area contributed by atoms with E-state index in [9.17, 15) is 14.3 Å². The molecule has 0 bridgehead atoms. The lowest BCUT2D eigenvalue weighted by Gasteiger charge is -2.34. The molecular formula is C26H29ClFN5O4. The highest BCUT2D eigenvalue weighted by atomic mass is 35.5. The van der Waals surface area contributed by atoms with Crippen molar-refractivity contribution in [3.05, 3.63) is 47.5 Å². The number of anilines is 2. The monoisotopic (exact) mass is 529 g/mol. The Hall–Kier alpha value is -3.21. The lowest BCUT2D eigenvalue weighted by Crippen LogP contribution is -2.47. The second-order valence-corrected chi connectivity index (χ2v) is 9.78. The van der Waals surface area contributed by atoms with Crippen LogP contribution < -0.4 is 14.8 Å². The van der Waals surface area contributed by atoms with E-state index in [1.165, 1.54) is 12.4 Å². The number of nitrogens with zero attached hydrogens (tertiary/aromatic N) is 4. The van der Waals surface area contributed by atoms with Crippen LogP contribution in [0, 0.1) is 5.82 Å². The number of benzene rings is 2. The predicted molar refractivity (Wildman–Crippen MR) is 138 cm³/mol. The number of hydrogen-bond acceptors (Lipinski definition) is 8. The SMILES string of the molecule is COc1cc2ncnc(Nc3cccc(Cl)c3F)c2cc1OC1CCCN(C(=O)CN2CC[C@@H](O)C2)C1. The smallest absolute Gasteiger partial charge is 0.236 e. The molecule has 0 spiro atoms. The fourth-order valence-electron chi connectivity index (χ4n) is 4.83. The summed E-state index contributed by atoms with van der Waals surface area (Å²) in [6.45, 7) is 2.70. The van der Waals surface area contributed by atoms with Crippen LogP contribution in [-0.4, -0.2) is 82.8 Å². The van der Waals surface area contributed by atoms with Gasteiger partial charge in [-0.05, 0) is 37.5 Å². The van der Waals surface area contributed by atoms with E-state index < -0.39 is 5.82 Å². The minimum Gasteiger partial charge on any atom is -0.493 e. The molecular weight excluding hydrogens is 501 g/mol. The van der Waals surface area contributed by atoms with Crippen molar-refractivity contribution < 1.29 is 23.8 Å². The number of fused-ring (bicyclic) bond motifs is 1. The third kappa shape index (κ3) is 5.71. The van der Waals surface area contributed by atoms with Gasteiger partial charge >= 0.3 is 0 Å². The van der Waals surface area contributed by atoms with Crippen molar-refractivity contribution in [2.45, 2.75) is 31.5 Å². The average Bonchev–Trinajstić information content (AvgIpc) is 3.31. The zero-order valence-corrected chi connectivity index (χ0v) is 21.2. The van der Waals surface area contributed by atoms with E-state index in [1.54, 1.807) is 31.4 Å². The van der Waals surface area contributed by atoms with Crippen LogP contribution in [0.4, 0.5) is 15.9 Å². The molecule has 0 saturated carbocycles. The summed E-state index contributed by atoms with van der Waals surface area (Å²) in [5.74, 6) is 0.849. The average molecular weight is 530 g/mol. The number of β-amino-alcohol motifs (C(OH)–C–C–N with tert-alkyl or cyclic N) is 1. The Labute approximate surface area is 219 Å². The van der Waals surface area contributed by atoms with Crippen LogP contribution in [0.25, 0.3) is 10.9 Å². The van der Waals surface area contributed by atoms with Gasteiger partial charge in [0.05, 0.1) is 42.5 Å². The number of aromatic nitrogens is 2. The standard InChI is InChI=1S/C26H29ClFN5O4/c1-36-22-11-21-18(26(30-15-29-21)31-20-6-2-5-19(27)25(20)28)10-23(22)37-17-4-3-8-33(13-17)24(35)14-32-9-7-16(34)12-32/h2,5-6,10-11,15-17,34H,3-4,7-9,12-14H2,1H3,(H,29,30,31)/t16-,17?/m1/s1. The number of aliphatic hydroxyl groups excluding tert-OH is 1. The highest BCUT2D eigenvalue weighted by Crippen LogP contribution is 2.36. The van der Waals surface area contributed by atoms with Crippen LogP contribution in [0.15, 0.2) is 36.7 Å². The summed E-state index contributed by atoms with van der Waals surface area (Å²) in [4.78, 5) is 25.3. The number of halogens is 2. The third-order valence-corrected chi connectivity index (χ3v) is 7.05. The van der Waals surface area contributed by atoms with Gasteiger partial charge in [-0.15, -0.1) is 0 Å². The molecule has 5 rings (SSSR count). The topological polar surface area (TPSA) is 100 Å². The number of amides is 1. The van der Waals surface area contributed by atoms with Crippen molar-refractivity contribution in [1.29, 1.82) is 0 Å². The quantitative estimate of drug-likeness (QED) is 0.479. The molecule has 1 amide bonds. The first-order valence-electron chi connectivity index (χ1n) is 12.3.